The molecule has 2 aromatic rings. The predicted octanol–water partition coefficient (Wildman–Crippen LogP) is 8.26. The molecule has 6 rings (SSSR count). The molecule has 0 saturated heterocycles. The third-order valence-electron chi connectivity index (χ3n) is 9.78. The predicted molar refractivity (Wildman–Crippen MR) is 153 cm³/mol. The summed E-state index contributed by atoms with van der Waals surface area (Å²) in [6.45, 7) is 0. The first-order valence-corrected chi connectivity index (χ1v) is 15.5. The van der Waals surface area contributed by atoms with Gasteiger partial charge in [-0.1, -0.05) is 78.7 Å². The maximum absolute atomic E-state index is 14.4. The van der Waals surface area contributed by atoms with Crippen molar-refractivity contribution >= 4 is 12.1 Å². The summed E-state index contributed by atoms with van der Waals surface area (Å²) < 4.78 is 18.3. The summed E-state index contributed by atoms with van der Waals surface area (Å²) in [6.07, 6.45) is 15.4. The zero-order valence-corrected chi connectivity index (χ0v) is 23.5. The second-order valence-electron chi connectivity index (χ2n) is 12.3. The molecule has 5 nitrogen and oxygen atoms in total. The molecule has 2 atom stereocenters. The van der Waals surface area contributed by atoms with Crippen LogP contribution < -0.4 is 0 Å². The Kier molecular flexibility index (Phi) is 8.27. The van der Waals surface area contributed by atoms with E-state index in [-0.39, 0.29) is 12.2 Å². The number of hydrogen-bond donors (Lipinski definition) is 0. The molecule has 2 aromatic carbocycles. The summed E-state index contributed by atoms with van der Waals surface area (Å²) in [4.78, 5) is 27.8. The van der Waals surface area contributed by atoms with Gasteiger partial charge in [-0.05, 0) is 94.8 Å². The van der Waals surface area contributed by atoms with Gasteiger partial charge >= 0.3 is 12.1 Å². The van der Waals surface area contributed by atoms with Gasteiger partial charge in [0, 0.05) is 11.1 Å². The van der Waals surface area contributed by atoms with Crippen molar-refractivity contribution in [3.05, 3.63) is 83.4 Å². The number of ether oxygens (including phenoxy) is 3. The number of carbonyl (C=O) groups excluding carboxylic acids is 2. The van der Waals surface area contributed by atoms with Crippen LogP contribution in [0.15, 0.2) is 72.3 Å². The van der Waals surface area contributed by atoms with Gasteiger partial charge < -0.3 is 14.2 Å². The average molecular weight is 543 g/mol. The molecule has 0 amide bonds. The summed E-state index contributed by atoms with van der Waals surface area (Å²) >= 11 is 0. The lowest BCUT2D eigenvalue weighted by molar-refractivity contribution is -0.174. The molecule has 0 spiro atoms. The Balaban J connectivity index is 1.27. The standard InChI is InChI=1S/C35H42O5/c36-33(38-31-23-26-21-22-27(24-31)32(26)25-13-5-1-6-14-25)35(28-15-7-2-8-16-28,29-17-9-3-10-18-29)40-34(37)39-30-19-11-4-12-20-30/h2-3,7-10,13,15-18,26-27,30-32H,1,4-6,11-12,14,19-24H2. The van der Waals surface area contributed by atoms with Crippen LogP contribution in [0.5, 0.6) is 0 Å². The molecule has 4 aliphatic carbocycles. The number of allylic oxidation sites excluding steroid dienone is 2. The third-order valence-corrected chi connectivity index (χ3v) is 9.78. The molecule has 2 unspecified atom stereocenters. The van der Waals surface area contributed by atoms with Crippen LogP contribution >= 0.6 is 0 Å². The van der Waals surface area contributed by atoms with Crippen molar-refractivity contribution in [1.82, 2.24) is 0 Å². The van der Waals surface area contributed by atoms with Crippen molar-refractivity contribution in [2.45, 2.75) is 101 Å². The first-order chi connectivity index (χ1) is 19.6. The molecular formula is C35H42O5. The smallest absolute Gasteiger partial charge is 0.459 e. The van der Waals surface area contributed by atoms with E-state index in [2.05, 4.69) is 6.08 Å². The van der Waals surface area contributed by atoms with Crippen LogP contribution in [0.25, 0.3) is 0 Å². The van der Waals surface area contributed by atoms with E-state index in [1.807, 2.05) is 60.7 Å². The summed E-state index contributed by atoms with van der Waals surface area (Å²) in [5, 5.41) is 0. The molecule has 0 radical (unpaired) electrons. The van der Waals surface area contributed by atoms with Crippen molar-refractivity contribution in [2.75, 3.05) is 0 Å². The molecule has 5 heteroatoms. The van der Waals surface area contributed by atoms with Crippen molar-refractivity contribution in [3.63, 3.8) is 0 Å². The maximum atomic E-state index is 14.4. The molecule has 0 N–H and O–H groups in total. The van der Waals surface area contributed by atoms with Crippen molar-refractivity contribution in [1.29, 1.82) is 0 Å². The SMILES string of the molecule is O=C(OC1CCCCC1)OC(C(=O)OC1CC2CCC(C1)C2C1=CCCCC1)(c1ccccc1)c1ccccc1. The quantitative estimate of drug-likeness (QED) is 0.260. The van der Waals surface area contributed by atoms with E-state index in [1.165, 1.54) is 38.5 Å². The van der Waals surface area contributed by atoms with Crippen molar-refractivity contribution in [3.8, 4) is 0 Å². The molecule has 40 heavy (non-hydrogen) atoms. The van der Waals surface area contributed by atoms with Crippen LogP contribution in [-0.2, 0) is 24.6 Å². The Bertz CT molecular complexity index is 1130. The Hall–Kier alpha value is -3.08. The summed E-state index contributed by atoms with van der Waals surface area (Å²) in [5.41, 5.74) is 1.04. The van der Waals surface area contributed by atoms with Crippen molar-refractivity contribution in [2.24, 2.45) is 17.8 Å². The Morgan fingerprint density at radius 3 is 1.88 bits per heavy atom. The molecule has 0 heterocycles. The second-order valence-corrected chi connectivity index (χ2v) is 12.3. The van der Waals surface area contributed by atoms with E-state index in [9.17, 15) is 9.59 Å². The first-order valence-electron chi connectivity index (χ1n) is 15.5. The molecule has 4 aliphatic rings. The van der Waals surface area contributed by atoms with Crippen LogP contribution in [0, 0.1) is 17.8 Å². The van der Waals surface area contributed by atoms with Crippen molar-refractivity contribution < 1.29 is 23.8 Å². The van der Waals surface area contributed by atoms with Crippen LogP contribution in [-0.4, -0.2) is 24.3 Å². The van der Waals surface area contributed by atoms with Crippen LogP contribution in [0.4, 0.5) is 4.79 Å². The molecule has 3 fully saturated rings. The Labute approximate surface area is 238 Å². The minimum atomic E-state index is -1.74. The monoisotopic (exact) mass is 542 g/mol. The number of hydrogen-bond acceptors (Lipinski definition) is 5. The largest absolute Gasteiger partial charge is 0.510 e. The summed E-state index contributed by atoms with van der Waals surface area (Å²) in [6, 6.07) is 18.6. The number of esters is 1. The Morgan fingerprint density at radius 1 is 0.675 bits per heavy atom. The third kappa shape index (κ3) is 5.57. The van der Waals surface area contributed by atoms with E-state index in [4.69, 9.17) is 14.2 Å². The maximum Gasteiger partial charge on any atom is 0.510 e. The summed E-state index contributed by atoms with van der Waals surface area (Å²) in [7, 11) is 0. The minimum absolute atomic E-state index is 0.179. The highest BCUT2D eigenvalue weighted by Crippen LogP contribution is 2.52. The van der Waals surface area contributed by atoms with Gasteiger partial charge in [0.1, 0.15) is 12.2 Å². The molecule has 0 aliphatic heterocycles. The topological polar surface area (TPSA) is 61.8 Å². The van der Waals surface area contributed by atoms with Crippen LogP contribution in [0.3, 0.4) is 0 Å². The molecular weight excluding hydrogens is 500 g/mol. The Morgan fingerprint density at radius 2 is 1.30 bits per heavy atom. The number of benzene rings is 2. The fourth-order valence-corrected chi connectivity index (χ4v) is 7.95. The molecule has 212 valence electrons. The van der Waals surface area contributed by atoms with Gasteiger partial charge in [-0.3, -0.25) is 0 Å². The van der Waals surface area contributed by atoms with E-state index in [0.29, 0.717) is 28.9 Å². The van der Waals surface area contributed by atoms with Gasteiger partial charge in [-0.2, -0.15) is 0 Å². The lowest BCUT2D eigenvalue weighted by Crippen LogP contribution is -2.46. The lowest BCUT2D eigenvalue weighted by Gasteiger charge is -2.39. The van der Waals surface area contributed by atoms with Gasteiger partial charge in [-0.25, -0.2) is 9.59 Å². The molecule has 0 aromatic heterocycles. The van der Waals surface area contributed by atoms with E-state index >= 15 is 0 Å². The fraction of sp³-hybridized carbons (Fsp3) is 0.543. The van der Waals surface area contributed by atoms with Crippen LogP contribution in [0.2, 0.25) is 0 Å². The lowest BCUT2D eigenvalue weighted by atomic mass is 9.71. The fourth-order valence-electron chi connectivity index (χ4n) is 7.95. The number of carbonyl (C=O) groups is 2. The number of fused-ring (bicyclic) bond motifs is 2. The zero-order valence-electron chi connectivity index (χ0n) is 23.5. The van der Waals surface area contributed by atoms with E-state index < -0.39 is 17.7 Å². The highest BCUT2D eigenvalue weighted by Gasteiger charge is 2.51. The van der Waals surface area contributed by atoms with E-state index in [1.54, 1.807) is 5.57 Å². The zero-order chi connectivity index (χ0) is 27.4. The van der Waals surface area contributed by atoms with Gasteiger partial charge in [0.2, 0.25) is 0 Å². The normalized spacial score (nSPS) is 26.9. The highest BCUT2D eigenvalue weighted by atomic mass is 16.7. The van der Waals surface area contributed by atoms with Gasteiger partial charge in [0.25, 0.3) is 5.60 Å². The van der Waals surface area contributed by atoms with Gasteiger partial charge in [0.15, 0.2) is 0 Å². The van der Waals surface area contributed by atoms with Gasteiger partial charge in [-0.15, -0.1) is 0 Å². The number of rotatable bonds is 7. The second kappa shape index (κ2) is 12.2. The first kappa shape index (κ1) is 27.1. The van der Waals surface area contributed by atoms with E-state index in [0.717, 1.165) is 44.9 Å². The minimum Gasteiger partial charge on any atom is -0.459 e. The van der Waals surface area contributed by atoms with Gasteiger partial charge in [0.05, 0.1) is 0 Å². The molecule has 2 bridgehead atoms. The molecule has 3 saturated carbocycles. The summed E-state index contributed by atoms with van der Waals surface area (Å²) in [5.74, 6) is 1.22. The average Bonchev–Trinajstić information content (AvgIpc) is 3.27. The highest BCUT2D eigenvalue weighted by molar-refractivity contribution is 5.88. The van der Waals surface area contributed by atoms with Crippen LogP contribution in [0.1, 0.15) is 94.6 Å².